The molecule has 0 rings (SSSR count). The third-order valence-electron chi connectivity index (χ3n) is 2.00. The van der Waals surface area contributed by atoms with E-state index in [1.165, 1.54) is 13.8 Å². The van der Waals surface area contributed by atoms with Gasteiger partial charge in [0.2, 0.25) is 0 Å². The van der Waals surface area contributed by atoms with E-state index in [1.54, 1.807) is 0 Å². The van der Waals surface area contributed by atoms with Crippen LogP contribution in [0.25, 0.3) is 0 Å². The van der Waals surface area contributed by atoms with Crippen molar-refractivity contribution < 1.29 is 20.4 Å². The van der Waals surface area contributed by atoms with Gasteiger partial charge in [0.25, 0.3) is 0 Å². The number of rotatable bonds is 4. The zero-order valence-corrected chi connectivity index (χ0v) is 9.64. The second-order valence-corrected chi connectivity index (χ2v) is 4.23. The van der Waals surface area contributed by atoms with Crippen LogP contribution in [0.5, 0.6) is 0 Å². The van der Waals surface area contributed by atoms with E-state index in [1.807, 2.05) is 6.92 Å². The quantitative estimate of drug-likeness (QED) is 0.309. The fourth-order valence-corrected chi connectivity index (χ4v) is 0.274. The van der Waals surface area contributed by atoms with Crippen LogP contribution in [-0.4, -0.2) is 51.0 Å². The Morgan fingerprint density at radius 1 is 1.07 bits per heavy atom. The molecular weight excluding hydrogens is 200 g/mol. The summed E-state index contributed by atoms with van der Waals surface area (Å²) in [5, 5.41) is 33.6. The van der Waals surface area contributed by atoms with Gasteiger partial charge in [0, 0.05) is 0 Å². The number of hydrogen-bond donors (Lipinski definition) is 6. The third kappa shape index (κ3) is 8.73. The highest BCUT2D eigenvalue weighted by molar-refractivity contribution is 4.79. The Balaban J connectivity index is 0. The molecule has 0 aromatic heterocycles. The fourth-order valence-electron chi connectivity index (χ4n) is 0.274. The molecule has 0 saturated carbocycles. The van der Waals surface area contributed by atoms with E-state index in [-0.39, 0.29) is 13.2 Å². The molecule has 0 unspecified atom stereocenters. The second-order valence-electron chi connectivity index (χ2n) is 4.23. The van der Waals surface area contributed by atoms with Crippen LogP contribution in [0.4, 0.5) is 0 Å². The summed E-state index contributed by atoms with van der Waals surface area (Å²) >= 11 is 0. The summed E-state index contributed by atoms with van der Waals surface area (Å²) in [6.07, 6.45) is -0.826. The molecule has 0 aromatic carbocycles. The van der Waals surface area contributed by atoms with Crippen LogP contribution in [-0.2, 0) is 0 Å². The van der Waals surface area contributed by atoms with Crippen molar-refractivity contribution in [2.45, 2.75) is 44.6 Å². The summed E-state index contributed by atoms with van der Waals surface area (Å²) in [6, 6.07) is 0. The monoisotopic (exact) mass is 224 g/mol. The molecule has 0 aliphatic heterocycles. The van der Waals surface area contributed by atoms with E-state index >= 15 is 0 Å². The maximum absolute atomic E-state index is 8.50. The van der Waals surface area contributed by atoms with Gasteiger partial charge >= 0.3 is 0 Å². The highest BCUT2D eigenvalue weighted by atomic mass is 16.5. The van der Waals surface area contributed by atoms with Gasteiger partial charge in [0.15, 0.2) is 6.29 Å². The maximum atomic E-state index is 8.50. The zero-order chi connectivity index (χ0) is 12.7. The summed E-state index contributed by atoms with van der Waals surface area (Å²) in [7, 11) is 0. The molecule has 0 radical (unpaired) electrons. The normalized spacial score (nSPS) is 12.4. The lowest BCUT2D eigenvalue weighted by atomic mass is 10.0. The molecule has 8 N–H and O–H groups in total. The van der Waals surface area contributed by atoms with Crippen LogP contribution < -0.4 is 11.5 Å². The smallest absolute Gasteiger partial charge is 0.169 e. The van der Waals surface area contributed by atoms with E-state index in [0.717, 1.165) is 0 Å². The Kier molecular flexibility index (Phi) is 8.13. The molecule has 0 bridgehead atoms. The van der Waals surface area contributed by atoms with Crippen molar-refractivity contribution in [2.75, 3.05) is 13.2 Å². The summed E-state index contributed by atoms with van der Waals surface area (Å²) in [5.74, 6) is 0. The van der Waals surface area contributed by atoms with Gasteiger partial charge in [-0.05, 0) is 20.3 Å². The van der Waals surface area contributed by atoms with E-state index in [9.17, 15) is 0 Å². The number of nitrogens with two attached hydrogens (primary N) is 2. The predicted octanol–water partition coefficient (Wildman–Crippen LogP) is -1.89. The average Bonchev–Trinajstić information content (AvgIpc) is 2.16. The predicted molar refractivity (Wildman–Crippen MR) is 57.9 cm³/mol. The van der Waals surface area contributed by atoms with Crippen LogP contribution in [0, 0.1) is 0 Å². The summed E-state index contributed by atoms with van der Waals surface area (Å²) in [6.45, 7) is 4.60. The van der Waals surface area contributed by atoms with Gasteiger partial charge in [0.1, 0.15) is 0 Å². The van der Waals surface area contributed by atoms with Crippen LogP contribution in [0.15, 0.2) is 0 Å². The van der Waals surface area contributed by atoms with Gasteiger partial charge in [0.05, 0.1) is 24.3 Å². The first-order chi connectivity index (χ1) is 6.63. The highest BCUT2D eigenvalue weighted by Crippen LogP contribution is 2.01. The molecule has 0 saturated heterocycles. The molecule has 0 atom stereocenters. The standard InChI is InChI=1S/C5H13NO2.C4H11NO2/c1-2-5(6,3-7)4-8;1-4(2,5)3(6)7/h7-8H,2-4,6H2,1H3;3,6-7H,5H2,1-2H3. The van der Waals surface area contributed by atoms with Crippen molar-refractivity contribution >= 4 is 0 Å². The Hall–Kier alpha value is -0.240. The Morgan fingerprint density at radius 2 is 1.33 bits per heavy atom. The zero-order valence-electron chi connectivity index (χ0n) is 9.64. The van der Waals surface area contributed by atoms with Gasteiger partial charge in [-0.3, -0.25) is 0 Å². The summed E-state index contributed by atoms with van der Waals surface area (Å²) in [5.41, 5.74) is 8.92. The lowest BCUT2D eigenvalue weighted by Crippen LogP contribution is -2.46. The molecule has 6 nitrogen and oxygen atoms in total. The van der Waals surface area contributed by atoms with Crippen LogP contribution >= 0.6 is 0 Å². The Bertz CT molecular complexity index is 144. The second kappa shape index (κ2) is 7.10. The SMILES string of the molecule is CC(C)(N)C(O)O.CCC(N)(CO)CO. The van der Waals surface area contributed by atoms with Gasteiger partial charge < -0.3 is 31.9 Å². The fraction of sp³-hybridized carbons (Fsp3) is 1.00. The van der Waals surface area contributed by atoms with Crippen molar-refractivity contribution in [2.24, 2.45) is 11.5 Å². The molecule has 0 spiro atoms. The first-order valence-corrected chi connectivity index (χ1v) is 4.78. The topological polar surface area (TPSA) is 133 Å². The van der Waals surface area contributed by atoms with Crippen LogP contribution in [0.2, 0.25) is 0 Å². The molecule has 94 valence electrons. The van der Waals surface area contributed by atoms with Gasteiger partial charge in [-0.1, -0.05) is 6.92 Å². The molecule has 0 amide bonds. The molecule has 6 heteroatoms. The van der Waals surface area contributed by atoms with Crippen molar-refractivity contribution in [1.82, 2.24) is 0 Å². The molecule has 0 aromatic rings. The molecule has 0 aliphatic carbocycles. The lowest BCUT2D eigenvalue weighted by molar-refractivity contribution is -0.0848. The molecule has 0 aliphatic rings. The van der Waals surface area contributed by atoms with E-state index in [2.05, 4.69) is 0 Å². The first-order valence-electron chi connectivity index (χ1n) is 4.78. The molecule has 15 heavy (non-hydrogen) atoms. The van der Waals surface area contributed by atoms with Crippen molar-refractivity contribution in [3.8, 4) is 0 Å². The van der Waals surface area contributed by atoms with Crippen LogP contribution in [0.3, 0.4) is 0 Å². The van der Waals surface area contributed by atoms with Gasteiger partial charge in [-0.2, -0.15) is 0 Å². The van der Waals surface area contributed by atoms with Crippen LogP contribution in [0.1, 0.15) is 27.2 Å². The van der Waals surface area contributed by atoms with E-state index in [4.69, 9.17) is 31.9 Å². The highest BCUT2D eigenvalue weighted by Gasteiger charge is 2.19. The minimum absolute atomic E-state index is 0.153. The summed E-state index contributed by atoms with van der Waals surface area (Å²) in [4.78, 5) is 0. The number of aliphatic hydroxyl groups excluding tert-OH is 3. The van der Waals surface area contributed by atoms with E-state index in [0.29, 0.717) is 6.42 Å². The average molecular weight is 224 g/mol. The Labute approximate surface area is 90.5 Å². The van der Waals surface area contributed by atoms with Gasteiger partial charge in [-0.25, -0.2) is 0 Å². The minimum Gasteiger partial charge on any atom is -0.394 e. The minimum atomic E-state index is -1.42. The maximum Gasteiger partial charge on any atom is 0.169 e. The molecular formula is C9H24N2O4. The third-order valence-corrected chi connectivity index (χ3v) is 2.00. The number of aliphatic hydroxyl groups is 4. The van der Waals surface area contributed by atoms with Gasteiger partial charge in [-0.15, -0.1) is 0 Å². The van der Waals surface area contributed by atoms with Crippen molar-refractivity contribution in [3.63, 3.8) is 0 Å². The number of hydrogen-bond acceptors (Lipinski definition) is 6. The lowest BCUT2D eigenvalue weighted by Gasteiger charge is -2.21. The molecule has 0 fully saturated rings. The van der Waals surface area contributed by atoms with E-state index < -0.39 is 17.4 Å². The Morgan fingerprint density at radius 3 is 1.33 bits per heavy atom. The largest absolute Gasteiger partial charge is 0.394 e. The van der Waals surface area contributed by atoms with Crippen molar-refractivity contribution in [3.05, 3.63) is 0 Å². The van der Waals surface area contributed by atoms with Crippen molar-refractivity contribution in [1.29, 1.82) is 0 Å². The first kappa shape index (κ1) is 17.2. The summed E-state index contributed by atoms with van der Waals surface area (Å²) < 4.78 is 0. The molecule has 0 heterocycles.